The maximum atomic E-state index is 11.9. The second kappa shape index (κ2) is 7.33. The molecule has 1 amide bonds. The number of rotatable bonds is 5. The zero-order valence-corrected chi connectivity index (χ0v) is 13.3. The lowest BCUT2D eigenvalue weighted by Crippen LogP contribution is -2.15. The average molecular weight is 340 g/mol. The molecule has 1 aromatic carbocycles. The van der Waals surface area contributed by atoms with E-state index in [9.17, 15) is 14.7 Å². The van der Waals surface area contributed by atoms with Gasteiger partial charge in [-0.25, -0.2) is 4.98 Å². The number of hydrogen-bond acceptors (Lipinski definition) is 5. The highest BCUT2D eigenvalue weighted by molar-refractivity contribution is 7.99. The van der Waals surface area contributed by atoms with Gasteiger partial charge in [-0.1, -0.05) is 30.3 Å². The summed E-state index contributed by atoms with van der Waals surface area (Å²) in [5, 5.41) is 13.0. The minimum Gasteiger partial charge on any atom is -0.506 e. The van der Waals surface area contributed by atoms with Crippen LogP contribution in [0.5, 0.6) is 5.75 Å². The number of aromatic nitrogens is 2. The molecular formula is C14H14ClN3O3S. The molecule has 1 aromatic heterocycles. The molecule has 0 spiro atoms. The van der Waals surface area contributed by atoms with Gasteiger partial charge in [0.25, 0.3) is 5.56 Å². The number of hydrogen-bond donors (Lipinski definition) is 3. The van der Waals surface area contributed by atoms with Crippen molar-refractivity contribution in [3.8, 4) is 5.75 Å². The lowest BCUT2D eigenvalue weighted by molar-refractivity contribution is -0.113. The molecule has 3 N–H and O–H groups in total. The van der Waals surface area contributed by atoms with Crippen LogP contribution in [0.4, 0.5) is 5.69 Å². The number of thioether (sulfide) groups is 1. The number of halogens is 1. The number of nitrogens with zero attached hydrogens (tertiary/aromatic N) is 1. The Kier molecular flexibility index (Phi) is 5.46. The van der Waals surface area contributed by atoms with Gasteiger partial charge in [0, 0.05) is 22.8 Å². The van der Waals surface area contributed by atoms with Gasteiger partial charge in [0.15, 0.2) is 5.16 Å². The summed E-state index contributed by atoms with van der Waals surface area (Å²) in [7, 11) is 0. The number of phenolic OH excluding ortho intramolecular Hbond substituents is 1. The summed E-state index contributed by atoms with van der Waals surface area (Å²) in [6, 6.07) is 5.84. The highest BCUT2D eigenvalue weighted by Gasteiger charge is 2.09. The smallest absolute Gasteiger partial charge is 0.251 e. The standard InChI is InChI=1S/C14H14ClN3O3S/c1-2-9-6-12(20)18-14(16-9)22-7-13(21)17-10-4-3-8(15)5-11(10)19/h3-6,19H,2,7H2,1H3,(H,17,21)(H,16,18,20). The highest BCUT2D eigenvalue weighted by atomic mass is 35.5. The van der Waals surface area contributed by atoms with Gasteiger partial charge >= 0.3 is 0 Å². The largest absolute Gasteiger partial charge is 0.506 e. The second-order valence-corrected chi connectivity index (χ2v) is 5.79. The maximum Gasteiger partial charge on any atom is 0.251 e. The van der Waals surface area contributed by atoms with Crippen LogP contribution in [0.1, 0.15) is 12.6 Å². The van der Waals surface area contributed by atoms with E-state index in [0.29, 0.717) is 22.3 Å². The second-order valence-electron chi connectivity index (χ2n) is 4.39. The first-order valence-electron chi connectivity index (χ1n) is 6.49. The van der Waals surface area contributed by atoms with Gasteiger partial charge in [0.05, 0.1) is 11.4 Å². The number of amides is 1. The van der Waals surface area contributed by atoms with Crippen molar-refractivity contribution >= 4 is 35.0 Å². The van der Waals surface area contributed by atoms with E-state index in [-0.39, 0.29) is 28.7 Å². The van der Waals surface area contributed by atoms with Crippen LogP contribution < -0.4 is 10.9 Å². The van der Waals surface area contributed by atoms with Crippen LogP contribution in [-0.4, -0.2) is 26.7 Å². The Bertz CT molecular complexity index is 748. The van der Waals surface area contributed by atoms with Gasteiger partial charge < -0.3 is 15.4 Å². The van der Waals surface area contributed by atoms with Crippen LogP contribution in [0.25, 0.3) is 0 Å². The van der Waals surface area contributed by atoms with E-state index in [1.807, 2.05) is 6.92 Å². The number of nitrogens with one attached hydrogen (secondary N) is 2. The van der Waals surface area contributed by atoms with Crippen molar-refractivity contribution in [3.05, 3.63) is 45.3 Å². The molecule has 2 rings (SSSR count). The molecule has 22 heavy (non-hydrogen) atoms. The van der Waals surface area contributed by atoms with Gasteiger partial charge in [-0.3, -0.25) is 9.59 Å². The Balaban J connectivity index is 1.98. The number of carbonyl (C=O) groups excluding carboxylic acids is 1. The Labute approximate surface area is 135 Å². The quantitative estimate of drug-likeness (QED) is 0.442. The van der Waals surface area contributed by atoms with Gasteiger partial charge in [-0.2, -0.15) is 0 Å². The van der Waals surface area contributed by atoms with Crippen molar-refractivity contribution in [2.24, 2.45) is 0 Å². The molecule has 0 unspecified atom stereocenters. The third-order valence-electron chi connectivity index (χ3n) is 2.71. The third kappa shape index (κ3) is 4.51. The summed E-state index contributed by atoms with van der Waals surface area (Å²) in [5.41, 5.74) is 0.700. The number of phenols is 1. The minimum absolute atomic E-state index is 0.0537. The van der Waals surface area contributed by atoms with Crippen LogP contribution in [0, 0.1) is 0 Å². The SMILES string of the molecule is CCc1cc(=O)[nH]c(SCC(=O)Nc2ccc(Cl)cc2O)n1. The summed E-state index contributed by atoms with van der Waals surface area (Å²) >= 11 is 6.83. The number of benzene rings is 1. The molecule has 0 radical (unpaired) electrons. The van der Waals surface area contributed by atoms with Crippen molar-refractivity contribution in [2.75, 3.05) is 11.1 Å². The van der Waals surface area contributed by atoms with E-state index < -0.39 is 0 Å². The van der Waals surface area contributed by atoms with E-state index in [1.165, 1.54) is 18.2 Å². The molecule has 0 bridgehead atoms. The first-order valence-corrected chi connectivity index (χ1v) is 7.85. The number of carbonyl (C=O) groups is 1. The molecule has 0 fully saturated rings. The fraction of sp³-hybridized carbons (Fsp3) is 0.214. The Morgan fingerprint density at radius 2 is 2.23 bits per heavy atom. The molecule has 8 heteroatoms. The fourth-order valence-electron chi connectivity index (χ4n) is 1.66. The van der Waals surface area contributed by atoms with Crippen LogP contribution in [0.2, 0.25) is 5.02 Å². The van der Waals surface area contributed by atoms with Gasteiger partial charge in [-0.05, 0) is 18.6 Å². The summed E-state index contributed by atoms with van der Waals surface area (Å²) in [5.74, 6) is -0.379. The van der Waals surface area contributed by atoms with Crippen LogP contribution in [0.15, 0.2) is 34.2 Å². The van der Waals surface area contributed by atoms with E-state index in [2.05, 4.69) is 15.3 Å². The Morgan fingerprint density at radius 1 is 1.45 bits per heavy atom. The molecule has 0 atom stereocenters. The van der Waals surface area contributed by atoms with Gasteiger partial charge in [-0.15, -0.1) is 0 Å². The van der Waals surface area contributed by atoms with Crippen molar-refractivity contribution in [1.82, 2.24) is 9.97 Å². The number of anilines is 1. The predicted octanol–water partition coefficient (Wildman–Crippen LogP) is 2.42. The summed E-state index contributed by atoms with van der Waals surface area (Å²) in [6.07, 6.45) is 0.641. The molecule has 0 aliphatic carbocycles. The van der Waals surface area contributed by atoms with Crippen LogP contribution in [0.3, 0.4) is 0 Å². The number of H-pyrrole nitrogens is 1. The fourth-order valence-corrected chi connectivity index (χ4v) is 2.52. The molecule has 2 aromatic rings. The zero-order valence-electron chi connectivity index (χ0n) is 11.7. The normalized spacial score (nSPS) is 10.5. The first kappa shape index (κ1) is 16.4. The molecule has 116 valence electrons. The zero-order chi connectivity index (χ0) is 16.1. The highest BCUT2D eigenvalue weighted by Crippen LogP contribution is 2.26. The number of aromatic amines is 1. The third-order valence-corrected chi connectivity index (χ3v) is 3.82. The molecule has 0 aliphatic heterocycles. The lowest BCUT2D eigenvalue weighted by Gasteiger charge is -2.07. The van der Waals surface area contributed by atoms with E-state index in [4.69, 9.17) is 11.6 Å². The van der Waals surface area contributed by atoms with E-state index in [0.717, 1.165) is 11.8 Å². The summed E-state index contributed by atoms with van der Waals surface area (Å²) in [4.78, 5) is 30.1. The van der Waals surface area contributed by atoms with Crippen LogP contribution >= 0.6 is 23.4 Å². The molecule has 0 saturated heterocycles. The molecule has 0 saturated carbocycles. The molecule has 1 heterocycles. The van der Waals surface area contributed by atoms with Crippen molar-refractivity contribution in [2.45, 2.75) is 18.5 Å². The summed E-state index contributed by atoms with van der Waals surface area (Å²) < 4.78 is 0. The maximum absolute atomic E-state index is 11.9. The molecule has 0 aliphatic rings. The van der Waals surface area contributed by atoms with E-state index >= 15 is 0 Å². The van der Waals surface area contributed by atoms with Gasteiger partial charge in [0.1, 0.15) is 5.75 Å². The van der Waals surface area contributed by atoms with Crippen molar-refractivity contribution < 1.29 is 9.90 Å². The minimum atomic E-state index is -0.327. The van der Waals surface area contributed by atoms with Crippen LogP contribution in [-0.2, 0) is 11.2 Å². The number of aromatic hydroxyl groups is 1. The topological polar surface area (TPSA) is 95.1 Å². The monoisotopic (exact) mass is 339 g/mol. The van der Waals surface area contributed by atoms with Crippen molar-refractivity contribution in [1.29, 1.82) is 0 Å². The Morgan fingerprint density at radius 3 is 2.91 bits per heavy atom. The molecule has 6 nitrogen and oxygen atoms in total. The van der Waals surface area contributed by atoms with Crippen molar-refractivity contribution in [3.63, 3.8) is 0 Å². The predicted molar refractivity (Wildman–Crippen MR) is 86.7 cm³/mol. The van der Waals surface area contributed by atoms with E-state index in [1.54, 1.807) is 6.07 Å². The van der Waals surface area contributed by atoms with Gasteiger partial charge in [0.2, 0.25) is 5.91 Å². The lowest BCUT2D eigenvalue weighted by atomic mass is 10.3. The first-order chi connectivity index (χ1) is 10.5. The number of aryl methyl sites for hydroxylation is 1. The Hall–Kier alpha value is -1.99. The summed E-state index contributed by atoms with van der Waals surface area (Å²) in [6.45, 7) is 1.90. The average Bonchev–Trinajstić information content (AvgIpc) is 2.47. The molecular weight excluding hydrogens is 326 g/mol.